The first kappa shape index (κ1) is 18.8. The number of fused-ring (bicyclic) bond motifs is 1. The van der Waals surface area contributed by atoms with E-state index in [-0.39, 0.29) is 12.2 Å². The molecule has 6 nitrogen and oxygen atoms in total. The second kappa shape index (κ2) is 8.22. The fraction of sp³-hybridized carbons (Fsp3) is 0.217. The van der Waals surface area contributed by atoms with E-state index in [1.54, 1.807) is 25.5 Å². The first-order chi connectivity index (χ1) is 14.2. The molecule has 29 heavy (non-hydrogen) atoms. The zero-order valence-corrected chi connectivity index (χ0v) is 16.3. The zero-order chi connectivity index (χ0) is 20.2. The number of aromatic nitrogens is 1. The average Bonchev–Trinajstić information content (AvgIpc) is 3.21. The number of aryl methyl sites for hydroxylation is 1. The van der Waals surface area contributed by atoms with Gasteiger partial charge in [-0.25, -0.2) is 9.78 Å². The highest BCUT2D eigenvalue weighted by atomic mass is 16.5. The van der Waals surface area contributed by atoms with Crippen LogP contribution in [0.3, 0.4) is 0 Å². The van der Waals surface area contributed by atoms with Crippen LogP contribution in [0, 0.1) is 0 Å². The van der Waals surface area contributed by atoms with Gasteiger partial charge in [0.05, 0.1) is 7.11 Å². The molecule has 4 aromatic rings. The molecular formula is C23H21NO5. The van der Waals surface area contributed by atoms with E-state index in [9.17, 15) is 4.79 Å². The number of rotatable bonds is 7. The normalized spacial score (nSPS) is 11.0. The predicted molar refractivity (Wildman–Crippen MR) is 109 cm³/mol. The maximum absolute atomic E-state index is 11.8. The van der Waals surface area contributed by atoms with Gasteiger partial charge in [-0.3, -0.25) is 0 Å². The van der Waals surface area contributed by atoms with E-state index in [1.165, 1.54) is 0 Å². The van der Waals surface area contributed by atoms with E-state index in [1.807, 2.05) is 36.4 Å². The van der Waals surface area contributed by atoms with E-state index in [0.717, 1.165) is 35.1 Å². The van der Waals surface area contributed by atoms with Gasteiger partial charge in [-0.2, -0.15) is 0 Å². The first-order valence-electron chi connectivity index (χ1n) is 9.44. The van der Waals surface area contributed by atoms with Crippen LogP contribution in [0.5, 0.6) is 11.5 Å². The third-order valence-electron chi connectivity index (χ3n) is 4.60. The van der Waals surface area contributed by atoms with Gasteiger partial charge < -0.3 is 18.3 Å². The van der Waals surface area contributed by atoms with Crippen LogP contribution in [0.2, 0.25) is 0 Å². The minimum atomic E-state index is -0.348. The zero-order valence-electron chi connectivity index (χ0n) is 16.3. The fourth-order valence-corrected chi connectivity index (χ4v) is 3.17. The SMILES string of the molecule is CCCc1cc(=O)oc2cc(OCc3coc(-c4ccc(OC)cc4)n3)ccc12. The molecular weight excluding hydrogens is 370 g/mol. The first-order valence-corrected chi connectivity index (χ1v) is 9.44. The standard InChI is InChI=1S/C23H21NO5/c1-3-4-16-11-22(25)29-21-12-19(9-10-20(16)21)27-13-17-14-28-23(24-17)15-5-7-18(26-2)8-6-15/h5-12,14H,3-4,13H2,1-2H3. The molecule has 0 fully saturated rings. The molecule has 0 saturated heterocycles. The molecule has 0 aliphatic heterocycles. The second-order valence-electron chi connectivity index (χ2n) is 6.66. The molecule has 148 valence electrons. The molecule has 0 atom stereocenters. The van der Waals surface area contributed by atoms with E-state index in [0.29, 0.717) is 22.9 Å². The van der Waals surface area contributed by atoms with Gasteiger partial charge in [0, 0.05) is 23.1 Å². The number of hydrogen-bond acceptors (Lipinski definition) is 6. The summed E-state index contributed by atoms with van der Waals surface area (Å²) in [5.41, 5.74) is 2.69. The maximum atomic E-state index is 11.8. The number of oxazole rings is 1. The molecule has 0 aliphatic carbocycles. The van der Waals surface area contributed by atoms with Gasteiger partial charge in [-0.15, -0.1) is 0 Å². The fourth-order valence-electron chi connectivity index (χ4n) is 3.17. The predicted octanol–water partition coefficient (Wildman–Crippen LogP) is 4.99. The highest BCUT2D eigenvalue weighted by Crippen LogP contribution is 2.25. The van der Waals surface area contributed by atoms with Crippen molar-refractivity contribution in [1.82, 2.24) is 4.98 Å². The van der Waals surface area contributed by atoms with Crippen molar-refractivity contribution in [3.8, 4) is 23.0 Å². The molecule has 0 N–H and O–H groups in total. The topological polar surface area (TPSA) is 74.7 Å². The van der Waals surface area contributed by atoms with Crippen LogP contribution >= 0.6 is 0 Å². The Kier molecular flexibility index (Phi) is 5.33. The summed E-state index contributed by atoms with van der Waals surface area (Å²) in [6.45, 7) is 2.32. The van der Waals surface area contributed by atoms with Crippen LogP contribution in [-0.2, 0) is 13.0 Å². The Balaban J connectivity index is 1.49. The molecule has 0 unspecified atom stereocenters. The summed E-state index contributed by atoms with van der Waals surface area (Å²) in [6, 6.07) is 14.6. The number of ether oxygens (including phenoxy) is 2. The van der Waals surface area contributed by atoms with E-state index in [2.05, 4.69) is 11.9 Å². The Labute approximate surface area is 167 Å². The second-order valence-corrected chi connectivity index (χ2v) is 6.66. The van der Waals surface area contributed by atoms with Gasteiger partial charge >= 0.3 is 5.63 Å². The Morgan fingerprint density at radius 1 is 1.03 bits per heavy atom. The highest BCUT2D eigenvalue weighted by Gasteiger charge is 2.10. The van der Waals surface area contributed by atoms with Crippen molar-refractivity contribution >= 4 is 11.0 Å². The van der Waals surface area contributed by atoms with Crippen molar-refractivity contribution in [3.05, 3.63) is 76.5 Å². The quantitative estimate of drug-likeness (QED) is 0.413. The number of benzene rings is 2. The summed E-state index contributed by atoms with van der Waals surface area (Å²) in [5, 5.41) is 0.932. The summed E-state index contributed by atoms with van der Waals surface area (Å²) >= 11 is 0. The van der Waals surface area contributed by atoms with Gasteiger partial charge in [0.2, 0.25) is 5.89 Å². The summed E-state index contributed by atoms with van der Waals surface area (Å²) in [6.07, 6.45) is 3.36. The molecule has 4 rings (SSSR count). The summed E-state index contributed by atoms with van der Waals surface area (Å²) in [7, 11) is 1.62. The smallest absolute Gasteiger partial charge is 0.336 e. The molecule has 0 saturated carbocycles. The van der Waals surface area contributed by atoms with Gasteiger partial charge in [0.25, 0.3) is 0 Å². The molecule has 0 amide bonds. The summed E-state index contributed by atoms with van der Waals surface area (Å²) in [4.78, 5) is 16.3. The number of nitrogens with zero attached hydrogens (tertiary/aromatic N) is 1. The van der Waals surface area contributed by atoms with Crippen LogP contribution in [-0.4, -0.2) is 12.1 Å². The molecule has 0 spiro atoms. The maximum Gasteiger partial charge on any atom is 0.336 e. The van der Waals surface area contributed by atoms with E-state index in [4.69, 9.17) is 18.3 Å². The van der Waals surface area contributed by atoms with Crippen molar-refractivity contribution in [2.45, 2.75) is 26.4 Å². The highest BCUT2D eigenvalue weighted by molar-refractivity contribution is 5.81. The molecule has 0 bridgehead atoms. The molecule has 6 heteroatoms. The average molecular weight is 391 g/mol. The van der Waals surface area contributed by atoms with E-state index < -0.39 is 0 Å². The van der Waals surface area contributed by atoms with Crippen LogP contribution in [0.15, 0.2) is 68.4 Å². The lowest BCUT2D eigenvalue weighted by molar-refractivity contribution is 0.301. The summed E-state index contributed by atoms with van der Waals surface area (Å²) < 4.78 is 21.9. The van der Waals surface area contributed by atoms with Crippen LogP contribution in [0.4, 0.5) is 0 Å². The Hall–Kier alpha value is -3.54. The molecule has 2 aromatic heterocycles. The molecule has 0 aliphatic rings. The van der Waals surface area contributed by atoms with Gasteiger partial charge in [0.1, 0.15) is 35.6 Å². The van der Waals surface area contributed by atoms with E-state index >= 15 is 0 Å². The third-order valence-corrected chi connectivity index (χ3v) is 4.60. The van der Waals surface area contributed by atoms with Gasteiger partial charge in [-0.05, 0) is 48.4 Å². The molecule has 2 heterocycles. The lowest BCUT2D eigenvalue weighted by Crippen LogP contribution is -2.01. The van der Waals surface area contributed by atoms with Crippen LogP contribution in [0.25, 0.3) is 22.4 Å². The molecule has 2 aromatic carbocycles. The van der Waals surface area contributed by atoms with Crippen LogP contribution < -0.4 is 15.1 Å². The lowest BCUT2D eigenvalue weighted by Gasteiger charge is -2.07. The summed E-state index contributed by atoms with van der Waals surface area (Å²) in [5.74, 6) is 1.89. The number of hydrogen-bond donors (Lipinski definition) is 0. The van der Waals surface area contributed by atoms with Crippen molar-refractivity contribution in [2.24, 2.45) is 0 Å². The van der Waals surface area contributed by atoms with Crippen molar-refractivity contribution in [2.75, 3.05) is 7.11 Å². The molecule has 0 radical (unpaired) electrons. The van der Waals surface area contributed by atoms with Crippen molar-refractivity contribution in [3.63, 3.8) is 0 Å². The van der Waals surface area contributed by atoms with Crippen molar-refractivity contribution in [1.29, 1.82) is 0 Å². The van der Waals surface area contributed by atoms with Crippen molar-refractivity contribution < 1.29 is 18.3 Å². The van der Waals surface area contributed by atoms with Gasteiger partial charge in [0.15, 0.2) is 0 Å². The minimum absolute atomic E-state index is 0.240. The lowest BCUT2D eigenvalue weighted by atomic mass is 10.1. The Morgan fingerprint density at radius 2 is 1.83 bits per heavy atom. The van der Waals surface area contributed by atoms with Gasteiger partial charge in [-0.1, -0.05) is 13.3 Å². The Morgan fingerprint density at radius 3 is 2.59 bits per heavy atom. The number of methoxy groups -OCH3 is 1. The largest absolute Gasteiger partial charge is 0.497 e. The minimum Gasteiger partial charge on any atom is -0.497 e. The van der Waals surface area contributed by atoms with Crippen LogP contribution in [0.1, 0.15) is 24.6 Å². The Bertz CT molecular complexity index is 1170. The monoisotopic (exact) mass is 391 g/mol. The third kappa shape index (κ3) is 4.16.